The lowest BCUT2D eigenvalue weighted by Gasteiger charge is -2.19. The number of rotatable bonds is 10. The lowest BCUT2D eigenvalue weighted by atomic mass is 9.94. The molecule has 1 amide bonds. The second-order valence-corrected chi connectivity index (χ2v) is 11.8. The maximum absolute atomic E-state index is 13.2. The van der Waals surface area contributed by atoms with Crippen LogP contribution in [0.5, 0.6) is 5.75 Å². The second-order valence-electron chi connectivity index (χ2n) is 10.2. The van der Waals surface area contributed by atoms with Crippen molar-refractivity contribution in [1.82, 2.24) is 10.0 Å². The Morgan fingerprint density at radius 1 is 1.14 bits per heavy atom. The molecule has 37 heavy (non-hydrogen) atoms. The van der Waals surface area contributed by atoms with Gasteiger partial charge in [-0.1, -0.05) is 30.3 Å². The summed E-state index contributed by atoms with van der Waals surface area (Å²) < 4.78 is 35.0. The van der Waals surface area contributed by atoms with E-state index in [9.17, 15) is 13.2 Å². The zero-order valence-corrected chi connectivity index (χ0v) is 23.2. The predicted octanol–water partition coefficient (Wildman–Crippen LogP) is 2.38. The van der Waals surface area contributed by atoms with Crippen LogP contribution >= 0.6 is 0 Å². The summed E-state index contributed by atoms with van der Waals surface area (Å²) >= 11 is 0. The Morgan fingerprint density at radius 2 is 1.81 bits per heavy atom. The molecule has 1 aliphatic heterocycles. The molecular weight excluding hydrogens is 490 g/mol. The van der Waals surface area contributed by atoms with Gasteiger partial charge in [-0.2, -0.15) is 0 Å². The van der Waals surface area contributed by atoms with Crippen molar-refractivity contribution in [1.29, 1.82) is 0 Å². The molecule has 0 radical (unpaired) electrons. The van der Waals surface area contributed by atoms with E-state index in [1.54, 1.807) is 13.8 Å². The van der Waals surface area contributed by atoms with Crippen LogP contribution < -0.4 is 26.2 Å². The molecule has 0 saturated heterocycles. The number of hydrogen-bond donors (Lipinski definition) is 4. The molecule has 2 aromatic rings. The number of nitrogens with one attached hydrogen (secondary N) is 2. The van der Waals surface area contributed by atoms with Gasteiger partial charge in [0.15, 0.2) is 0 Å². The van der Waals surface area contributed by atoms with Crippen LogP contribution in [0.1, 0.15) is 54.5 Å². The monoisotopic (exact) mass is 529 g/mol. The Kier molecular flexibility index (Phi) is 8.86. The van der Waals surface area contributed by atoms with Crippen LogP contribution in [0.15, 0.2) is 40.2 Å². The predicted molar refractivity (Wildman–Crippen MR) is 146 cm³/mol. The summed E-state index contributed by atoms with van der Waals surface area (Å²) in [5, 5.41) is 2.84. The van der Waals surface area contributed by atoms with Gasteiger partial charge >= 0.3 is 0 Å². The van der Waals surface area contributed by atoms with E-state index in [2.05, 4.69) is 15.0 Å². The Morgan fingerprint density at radius 3 is 2.49 bits per heavy atom. The molecule has 0 unspecified atom stereocenters. The number of nitrogens with zero attached hydrogens (tertiary/aromatic N) is 1. The Hall–Kier alpha value is -3.11. The van der Waals surface area contributed by atoms with E-state index >= 15 is 0 Å². The van der Waals surface area contributed by atoms with Crippen LogP contribution in [0.4, 0.5) is 0 Å². The van der Waals surface area contributed by atoms with Crippen LogP contribution in [0.3, 0.4) is 0 Å². The van der Waals surface area contributed by atoms with E-state index in [1.165, 1.54) is 0 Å². The molecule has 0 fully saturated rings. The average molecular weight is 530 g/mol. The van der Waals surface area contributed by atoms with Gasteiger partial charge < -0.3 is 21.5 Å². The zero-order chi connectivity index (χ0) is 27.4. The third-order valence-electron chi connectivity index (χ3n) is 6.65. The summed E-state index contributed by atoms with van der Waals surface area (Å²) in [6.45, 7) is 10.1. The van der Waals surface area contributed by atoms with Gasteiger partial charge in [-0.3, -0.25) is 9.79 Å². The van der Waals surface area contributed by atoms with Crippen molar-refractivity contribution >= 4 is 21.9 Å². The summed E-state index contributed by atoms with van der Waals surface area (Å²) in [5.41, 5.74) is 15.6. The largest absolute Gasteiger partial charge is 0.487 e. The van der Waals surface area contributed by atoms with Gasteiger partial charge in [-0.15, -0.1) is 0 Å². The molecule has 2 aromatic carbocycles. The molecule has 0 saturated carbocycles. The van der Waals surface area contributed by atoms with Gasteiger partial charge in [0.25, 0.3) is 10.0 Å². The second kappa shape index (κ2) is 11.5. The molecule has 10 heteroatoms. The minimum Gasteiger partial charge on any atom is -0.487 e. The van der Waals surface area contributed by atoms with E-state index in [-0.39, 0.29) is 28.9 Å². The standard InChI is InChI=1S/C27H39N5O4S/c1-17-18(2)24(19(3)21-16-27(4,5)36-23(17)21)37(34,35)32-26(29)31-14-9-12-22(28)25(33)30-15-13-20-10-7-6-8-11-20/h6-8,10-11,22H,9,12-16,28H2,1-5H3,(H,30,33)(H3,29,31,32)/t22-/m0/s1. The number of guanidine groups is 1. The number of sulfonamides is 1. The molecule has 6 N–H and O–H groups in total. The van der Waals surface area contributed by atoms with E-state index < -0.39 is 16.1 Å². The lowest BCUT2D eigenvalue weighted by molar-refractivity contribution is -0.122. The quantitative estimate of drug-likeness (QED) is 0.211. The van der Waals surface area contributed by atoms with Gasteiger partial charge in [0.2, 0.25) is 11.9 Å². The van der Waals surface area contributed by atoms with E-state index in [0.29, 0.717) is 36.9 Å². The van der Waals surface area contributed by atoms with Gasteiger partial charge in [-0.05, 0) is 76.1 Å². The van der Waals surface area contributed by atoms with Crippen LogP contribution in [0.2, 0.25) is 0 Å². The molecule has 0 aliphatic carbocycles. The van der Waals surface area contributed by atoms with Crippen molar-refractivity contribution in [2.75, 3.05) is 13.1 Å². The normalized spacial score (nSPS) is 15.6. The smallest absolute Gasteiger partial charge is 0.264 e. The van der Waals surface area contributed by atoms with Crippen molar-refractivity contribution in [2.45, 2.75) is 76.8 Å². The van der Waals surface area contributed by atoms with E-state index in [0.717, 1.165) is 28.9 Å². The summed E-state index contributed by atoms with van der Waals surface area (Å²) in [6.07, 6.45) is 2.24. The van der Waals surface area contributed by atoms with Gasteiger partial charge in [0.05, 0.1) is 10.9 Å². The SMILES string of the molecule is Cc1c(C)c(S(=O)(=O)NC(N)=NCCC[C@H](N)C(=O)NCCc2ccccc2)c(C)c2c1OC(C)(C)C2. The minimum absolute atomic E-state index is 0.200. The fourth-order valence-electron chi connectivity index (χ4n) is 4.62. The number of fused-ring (bicyclic) bond motifs is 1. The van der Waals surface area contributed by atoms with E-state index in [4.69, 9.17) is 16.2 Å². The topological polar surface area (TPSA) is 149 Å². The third kappa shape index (κ3) is 7.01. The number of amides is 1. The number of benzene rings is 2. The fourth-order valence-corrected chi connectivity index (χ4v) is 6.14. The average Bonchev–Trinajstić information content (AvgIpc) is 3.16. The maximum Gasteiger partial charge on any atom is 0.264 e. The molecule has 202 valence electrons. The van der Waals surface area contributed by atoms with Crippen molar-refractivity contribution in [3.05, 3.63) is 58.1 Å². The zero-order valence-electron chi connectivity index (χ0n) is 22.3. The highest BCUT2D eigenvalue weighted by atomic mass is 32.2. The number of carbonyl (C=O) groups excluding carboxylic acids is 1. The summed E-state index contributed by atoms with van der Waals surface area (Å²) in [7, 11) is -3.95. The molecule has 0 bridgehead atoms. The van der Waals surface area contributed by atoms with Crippen LogP contribution in [0.25, 0.3) is 0 Å². The molecule has 0 aromatic heterocycles. The number of aliphatic imine (C=N–C) groups is 1. The highest BCUT2D eigenvalue weighted by molar-refractivity contribution is 7.90. The van der Waals surface area contributed by atoms with Crippen molar-refractivity contribution in [2.24, 2.45) is 16.5 Å². The molecule has 0 spiro atoms. The first-order valence-corrected chi connectivity index (χ1v) is 14.0. The van der Waals surface area contributed by atoms with Gasteiger partial charge in [0.1, 0.15) is 11.4 Å². The van der Waals surface area contributed by atoms with Gasteiger partial charge in [-0.25, -0.2) is 13.1 Å². The molecule has 3 rings (SSSR count). The first-order chi connectivity index (χ1) is 17.3. The summed E-state index contributed by atoms with van der Waals surface area (Å²) in [4.78, 5) is 16.6. The highest BCUT2D eigenvalue weighted by Gasteiger charge is 2.36. The lowest BCUT2D eigenvalue weighted by Crippen LogP contribution is -2.41. The molecular formula is C27H39N5O4S. The third-order valence-corrected chi connectivity index (χ3v) is 8.28. The first kappa shape index (κ1) is 28.5. The number of carbonyl (C=O) groups is 1. The van der Waals surface area contributed by atoms with Crippen LogP contribution in [-0.4, -0.2) is 45.0 Å². The molecule has 1 heterocycles. The fraction of sp³-hybridized carbons (Fsp3) is 0.481. The van der Waals surface area contributed by atoms with Gasteiger partial charge in [0, 0.05) is 25.1 Å². The molecule has 9 nitrogen and oxygen atoms in total. The number of nitrogens with two attached hydrogens (primary N) is 2. The Bertz CT molecular complexity index is 1270. The maximum atomic E-state index is 13.2. The Balaban J connectivity index is 1.53. The Labute approximate surface area is 220 Å². The van der Waals surface area contributed by atoms with Crippen LogP contribution in [-0.2, 0) is 27.7 Å². The summed E-state index contributed by atoms with van der Waals surface area (Å²) in [6, 6.07) is 9.21. The first-order valence-electron chi connectivity index (χ1n) is 12.5. The van der Waals surface area contributed by atoms with E-state index in [1.807, 2.05) is 51.1 Å². The van der Waals surface area contributed by atoms with Crippen molar-refractivity contribution in [3.63, 3.8) is 0 Å². The van der Waals surface area contributed by atoms with Crippen molar-refractivity contribution in [3.8, 4) is 5.75 Å². The molecule has 1 aliphatic rings. The molecule has 1 atom stereocenters. The van der Waals surface area contributed by atoms with Crippen molar-refractivity contribution < 1.29 is 17.9 Å². The minimum atomic E-state index is -3.95. The number of hydrogen-bond acceptors (Lipinski definition) is 6. The van der Waals surface area contributed by atoms with Crippen LogP contribution in [0, 0.1) is 20.8 Å². The summed E-state index contributed by atoms with van der Waals surface area (Å²) in [5.74, 6) is 0.342. The number of ether oxygens (including phenoxy) is 1. The highest BCUT2D eigenvalue weighted by Crippen LogP contribution is 2.43.